The van der Waals surface area contributed by atoms with Crippen LogP contribution >= 0.6 is 11.6 Å². The Labute approximate surface area is 91.0 Å². The molecule has 4 N–H and O–H groups in total. The van der Waals surface area contributed by atoms with Crippen LogP contribution in [0.1, 0.15) is 11.6 Å². The van der Waals surface area contributed by atoms with E-state index in [0.29, 0.717) is 0 Å². The summed E-state index contributed by atoms with van der Waals surface area (Å²) < 4.78 is 4.81. The molecule has 0 radical (unpaired) electrons. The first-order valence-corrected chi connectivity index (χ1v) is 4.40. The molecule has 0 spiro atoms. The number of methoxy groups -OCH3 is 1. The number of carboxylic acids is 1. The van der Waals surface area contributed by atoms with Crippen LogP contribution < -0.4 is 10.5 Å². The SMILES string of the molecule is COc1cc(C(N)C(=O)O)cc(Cl)c1O. The van der Waals surface area contributed by atoms with Crippen molar-refractivity contribution in [3.63, 3.8) is 0 Å². The minimum Gasteiger partial charge on any atom is -0.503 e. The molecule has 0 saturated carbocycles. The largest absolute Gasteiger partial charge is 0.503 e. The van der Waals surface area contributed by atoms with Gasteiger partial charge >= 0.3 is 5.97 Å². The van der Waals surface area contributed by atoms with Crippen LogP contribution in [-0.4, -0.2) is 23.3 Å². The highest BCUT2D eigenvalue weighted by molar-refractivity contribution is 6.32. The van der Waals surface area contributed by atoms with E-state index in [0.717, 1.165) is 0 Å². The molecule has 0 aromatic heterocycles. The maximum atomic E-state index is 10.6. The van der Waals surface area contributed by atoms with Crippen molar-refractivity contribution in [2.75, 3.05) is 7.11 Å². The fourth-order valence-corrected chi connectivity index (χ4v) is 1.29. The van der Waals surface area contributed by atoms with Crippen LogP contribution in [0.5, 0.6) is 11.5 Å². The lowest BCUT2D eigenvalue weighted by molar-refractivity contribution is -0.138. The lowest BCUT2D eigenvalue weighted by atomic mass is 10.1. The maximum absolute atomic E-state index is 10.6. The van der Waals surface area contributed by atoms with Crippen LogP contribution in [0, 0.1) is 0 Å². The molecule has 1 unspecified atom stereocenters. The number of carbonyl (C=O) groups is 1. The van der Waals surface area contributed by atoms with E-state index in [4.69, 9.17) is 27.2 Å². The van der Waals surface area contributed by atoms with Crippen molar-refractivity contribution in [1.82, 2.24) is 0 Å². The molecule has 1 aromatic rings. The van der Waals surface area contributed by atoms with Crippen LogP contribution in [0.15, 0.2) is 12.1 Å². The Morgan fingerprint density at radius 3 is 2.67 bits per heavy atom. The summed E-state index contributed by atoms with van der Waals surface area (Å²) in [7, 11) is 1.33. The summed E-state index contributed by atoms with van der Waals surface area (Å²) in [6, 6.07) is 1.43. The zero-order valence-corrected chi connectivity index (χ0v) is 8.65. The quantitative estimate of drug-likeness (QED) is 0.725. The second-order valence-electron chi connectivity index (χ2n) is 2.87. The fraction of sp³-hybridized carbons (Fsp3) is 0.222. The normalized spacial score (nSPS) is 12.2. The third-order valence-corrected chi connectivity index (χ3v) is 2.18. The van der Waals surface area contributed by atoms with E-state index in [1.54, 1.807) is 0 Å². The Morgan fingerprint density at radius 1 is 1.60 bits per heavy atom. The average molecular weight is 232 g/mol. The molecule has 0 aliphatic carbocycles. The van der Waals surface area contributed by atoms with Crippen LogP contribution in [-0.2, 0) is 4.79 Å². The van der Waals surface area contributed by atoms with Crippen molar-refractivity contribution in [2.45, 2.75) is 6.04 Å². The van der Waals surface area contributed by atoms with Gasteiger partial charge in [-0.05, 0) is 17.7 Å². The number of halogens is 1. The Hall–Kier alpha value is -1.46. The number of ether oxygens (including phenoxy) is 1. The minimum absolute atomic E-state index is 0.000972. The molecule has 0 amide bonds. The molecule has 0 heterocycles. The topological polar surface area (TPSA) is 92.8 Å². The van der Waals surface area contributed by atoms with E-state index in [9.17, 15) is 9.90 Å². The third-order valence-electron chi connectivity index (χ3n) is 1.90. The Kier molecular flexibility index (Phi) is 3.39. The summed E-state index contributed by atoms with van der Waals surface area (Å²) in [5.41, 5.74) is 5.65. The zero-order chi connectivity index (χ0) is 11.6. The van der Waals surface area contributed by atoms with Gasteiger partial charge in [0.2, 0.25) is 0 Å². The number of hydrogen-bond acceptors (Lipinski definition) is 4. The fourth-order valence-electron chi connectivity index (χ4n) is 1.07. The number of phenols is 1. The summed E-state index contributed by atoms with van der Waals surface area (Å²) in [5, 5.41) is 18.1. The van der Waals surface area contributed by atoms with Gasteiger partial charge in [0.1, 0.15) is 6.04 Å². The molecule has 82 valence electrons. The van der Waals surface area contributed by atoms with E-state index >= 15 is 0 Å². The van der Waals surface area contributed by atoms with E-state index in [-0.39, 0.29) is 22.1 Å². The highest BCUT2D eigenvalue weighted by Crippen LogP contribution is 2.36. The van der Waals surface area contributed by atoms with Gasteiger partial charge in [-0.2, -0.15) is 0 Å². The van der Waals surface area contributed by atoms with Crippen LogP contribution in [0.2, 0.25) is 5.02 Å². The van der Waals surface area contributed by atoms with E-state index in [2.05, 4.69) is 0 Å². The molecule has 1 atom stereocenters. The molecule has 6 heteroatoms. The van der Waals surface area contributed by atoms with Gasteiger partial charge in [-0.1, -0.05) is 11.6 Å². The van der Waals surface area contributed by atoms with Crippen molar-refractivity contribution >= 4 is 17.6 Å². The highest BCUT2D eigenvalue weighted by Gasteiger charge is 2.18. The number of phenolic OH excluding ortho intramolecular Hbond substituents is 1. The number of aliphatic carboxylic acids is 1. The van der Waals surface area contributed by atoms with Crippen LogP contribution in [0.3, 0.4) is 0 Å². The predicted molar refractivity (Wildman–Crippen MR) is 54.2 cm³/mol. The van der Waals surface area contributed by atoms with Gasteiger partial charge in [-0.3, -0.25) is 4.79 Å². The molecule has 5 nitrogen and oxygen atoms in total. The minimum atomic E-state index is -1.20. The number of benzene rings is 1. The van der Waals surface area contributed by atoms with Crippen LogP contribution in [0.4, 0.5) is 0 Å². The van der Waals surface area contributed by atoms with Crippen molar-refractivity contribution in [3.05, 3.63) is 22.7 Å². The Morgan fingerprint density at radius 2 is 2.20 bits per heavy atom. The number of aromatic hydroxyl groups is 1. The molecular formula is C9H10ClNO4. The van der Waals surface area contributed by atoms with Crippen LogP contribution in [0.25, 0.3) is 0 Å². The zero-order valence-electron chi connectivity index (χ0n) is 7.90. The molecule has 0 fully saturated rings. The second-order valence-corrected chi connectivity index (χ2v) is 3.28. The number of rotatable bonds is 3. The first-order chi connectivity index (χ1) is 6.97. The van der Waals surface area contributed by atoms with Crippen molar-refractivity contribution in [3.8, 4) is 11.5 Å². The Balaban J connectivity index is 3.22. The summed E-state index contributed by atoms with van der Waals surface area (Å²) in [4.78, 5) is 10.6. The second kappa shape index (κ2) is 4.37. The van der Waals surface area contributed by atoms with Gasteiger partial charge in [-0.15, -0.1) is 0 Å². The molecule has 1 aromatic carbocycles. The molecule has 0 saturated heterocycles. The molecule has 0 bridgehead atoms. The predicted octanol–water partition coefficient (Wildman–Crippen LogP) is 1.14. The van der Waals surface area contributed by atoms with Gasteiger partial charge in [0, 0.05) is 0 Å². The molecule has 0 aliphatic heterocycles. The third kappa shape index (κ3) is 2.31. The summed E-state index contributed by atoms with van der Waals surface area (Å²) >= 11 is 5.67. The lowest BCUT2D eigenvalue weighted by Gasteiger charge is -2.11. The van der Waals surface area contributed by atoms with Gasteiger partial charge in [0.05, 0.1) is 12.1 Å². The number of hydrogen-bond donors (Lipinski definition) is 3. The molecular weight excluding hydrogens is 222 g/mol. The van der Waals surface area contributed by atoms with Gasteiger partial charge in [-0.25, -0.2) is 0 Å². The van der Waals surface area contributed by atoms with Crippen molar-refractivity contribution in [1.29, 1.82) is 0 Å². The van der Waals surface area contributed by atoms with Gasteiger partial charge in [0.15, 0.2) is 11.5 Å². The standard InChI is InChI=1S/C9H10ClNO4/c1-15-6-3-4(7(11)9(13)14)2-5(10)8(6)12/h2-3,7,12H,11H2,1H3,(H,13,14). The number of nitrogens with two attached hydrogens (primary N) is 1. The van der Waals surface area contributed by atoms with E-state index in [1.165, 1.54) is 19.2 Å². The summed E-state index contributed by atoms with van der Waals surface area (Å²) in [5.74, 6) is -1.33. The summed E-state index contributed by atoms with van der Waals surface area (Å²) in [6.07, 6.45) is 0. The number of carboxylic acid groups (broad SMARTS) is 1. The monoisotopic (exact) mass is 231 g/mol. The first kappa shape index (κ1) is 11.6. The average Bonchev–Trinajstić information content (AvgIpc) is 2.20. The smallest absolute Gasteiger partial charge is 0.325 e. The molecule has 1 rings (SSSR count). The van der Waals surface area contributed by atoms with Crippen molar-refractivity contribution < 1.29 is 19.7 Å². The van der Waals surface area contributed by atoms with E-state index in [1.807, 2.05) is 0 Å². The molecule has 0 aliphatic rings. The maximum Gasteiger partial charge on any atom is 0.325 e. The van der Waals surface area contributed by atoms with E-state index < -0.39 is 12.0 Å². The van der Waals surface area contributed by atoms with Gasteiger partial charge in [0.25, 0.3) is 0 Å². The first-order valence-electron chi connectivity index (χ1n) is 4.02. The molecule has 15 heavy (non-hydrogen) atoms. The van der Waals surface area contributed by atoms with Gasteiger partial charge < -0.3 is 20.7 Å². The highest BCUT2D eigenvalue weighted by atomic mass is 35.5. The summed E-state index contributed by atoms with van der Waals surface area (Å²) in [6.45, 7) is 0. The van der Waals surface area contributed by atoms with Crippen molar-refractivity contribution in [2.24, 2.45) is 5.73 Å². The Bertz CT molecular complexity index is 394. The lowest BCUT2D eigenvalue weighted by Crippen LogP contribution is -2.20.